The number of nitrogens with one attached hydrogen (secondary N) is 1. The van der Waals surface area contributed by atoms with Crippen molar-refractivity contribution in [3.05, 3.63) is 52.5 Å². The lowest BCUT2D eigenvalue weighted by Crippen LogP contribution is -2.45. The summed E-state index contributed by atoms with van der Waals surface area (Å²) in [5.74, 6) is 0.827. The van der Waals surface area contributed by atoms with E-state index in [1.807, 2.05) is 25.1 Å². The summed E-state index contributed by atoms with van der Waals surface area (Å²) in [4.78, 5) is 13.1. The number of carbonyl (C=O) groups excluding carboxylic acids is 1. The molecule has 1 saturated heterocycles. The highest BCUT2D eigenvalue weighted by atomic mass is 79.9. The molecule has 30 heavy (non-hydrogen) atoms. The third-order valence-electron chi connectivity index (χ3n) is 5.46. The summed E-state index contributed by atoms with van der Waals surface area (Å²) in [5.41, 5.74) is 0.905. The minimum Gasteiger partial charge on any atom is -0.454 e. The van der Waals surface area contributed by atoms with Gasteiger partial charge in [0, 0.05) is 17.6 Å². The fraction of sp³-hybridized carbons (Fsp3) is 0.381. The Hall–Kier alpha value is -2.10. The first kappa shape index (κ1) is 21.1. The quantitative estimate of drug-likeness (QED) is 0.687. The van der Waals surface area contributed by atoms with Crippen LogP contribution in [-0.2, 0) is 14.8 Å². The highest BCUT2D eigenvalue weighted by Crippen LogP contribution is 2.34. The van der Waals surface area contributed by atoms with Gasteiger partial charge >= 0.3 is 0 Å². The molecule has 0 aliphatic carbocycles. The molecule has 2 atom stereocenters. The first-order chi connectivity index (χ1) is 14.3. The second-order valence-corrected chi connectivity index (χ2v) is 10.4. The molecular formula is C21H23BrN2O5S. The van der Waals surface area contributed by atoms with E-state index in [1.165, 1.54) is 4.31 Å². The van der Waals surface area contributed by atoms with Crippen LogP contribution in [0.2, 0.25) is 0 Å². The van der Waals surface area contributed by atoms with Gasteiger partial charge in [0.05, 0.1) is 16.9 Å². The Morgan fingerprint density at radius 2 is 1.90 bits per heavy atom. The fourth-order valence-electron chi connectivity index (χ4n) is 3.73. The van der Waals surface area contributed by atoms with Crippen molar-refractivity contribution in [3.8, 4) is 11.5 Å². The molecule has 0 unspecified atom stereocenters. The smallest absolute Gasteiger partial charge is 0.243 e. The largest absolute Gasteiger partial charge is 0.454 e. The SMILES string of the molecule is C[C@@H](NC(=O)[C@@H]1CCCN(S(=O)(=O)c2ccc(Br)cc2)C1)c1ccc2c(c1)OCO2. The molecule has 0 bridgehead atoms. The molecule has 0 aromatic heterocycles. The number of amides is 1. The molecular weight excluding hydrogens is 472 g/mol. The molecule has 160 valence electrons. The zero-order valence-electron chi connectivity index (χ0n) is 16.5. The zero-order valence-corrected chi connectivity index (χ0v) is 18.9. The van der Waals surface area contributed by atoms with E-state index in [9.17, 15) is 13.2 Å². The summed E-state index contributed by atoms with van der Waals surface area (Å²) < 4.78 is 38.9. The van der Waals surface area contributed by atoms with E-state index >= 15 is 0 Å². The molecule has 2 aromatic carbocycles. The molecule has 1 fully saturated rings. The molecule has 7 nitrogen and oxygen atoms in total. The van der Waals surface area contributed by atoms with Crippen molar-refractivity contribution in [1.29, 1.82) is 0 Å². The molecule has 0 radical (unpaired) electrons. The van der Waals surface area contributed by atoms with Gasteiger partial charge in [0.2, 0.25) is 22.7 Å². The van der Waals surface area contributed by atoms with E-state index in [0.717, 1.165) is 10.0 Å². The van der Waals surface area contributed by atoms with Crippen LogP contribution in [0.5, 0.6) is 11.5 Å². The highest BCUT2D eigenvalue weighted by molar-refractivity contribution is 9.10. The Labute approximate surface area is 184 Å². The number of halogens is 1. The molecule has 2 aliphatic rings. The van der Waals surface area contributed by atoms with Crippen molar-refractivity contribution >= 4 is 31.9 Å². The molecule has 0 spiro atoms. The standard InChI is InChI=1S/C21H23BrN2O5S/c1-14(15-4-9-19-20(11-15)29-13-28-19)23-21(25)16-3-2-10-24(12-16)30(26,27)18-7-5-17(22)6-8-18/h4-9,11,14,16H,2-3,10,12-13H2,1H3,(H,23,25)/t14-,16-/m1/s1. The van der Waals surface area contributed by atoms with Crippen LogP contribution in [0.3, 0.4) is 0 Å². The van der Waals surface area contributed by atoms with Crippen molar-refractivity contribution in [2.24, 2.45) is 5.92 Å². The Morgan fingerprint density at radius 3 is 2.67 bits per heavy atom. The second-order valence-electron chi connectivity index (χ2n) is 7.50. The zero-order chi connectivity index (χ0) is 21.3. The number of piperidine rings is 1. The van der Waals surface area contributed by atoms with Gasteiger partial charge in [0.25, 0.3) is 0 Å². The van der Waals surface area contributed by atoms with E-state index in [-0.39, 0.29) is 36.1 Å². The minimum absolute atomic E-state index is 0.143. The van der Waals surface area contributed by atoms with E-state index in [4.69, 9.17) is 9.47 Å². The number of hydrogen-bond acceptors (Lipinski definition) is 5. The van der Waals surface area contributed by atoms with E-state index in [1.54, 1.807) is 24.3 Å². The molecule has 0 saturated carbocycles. The van der Waals surface area contributed by atoms with E-state index in [2.05, 4.69) is 21.2 Å². The van der Waals surface area contributed by atoms with E-state index in [0.29, 0.717) is 30.9 Å². The van der Waals surface area contributed by atoms with Crippen molar-refractivity contribution in [2.75, 3.05) is 19.9 Å². The third-order valence-corrected chi connectivity index (χ3v) is 7.87. The van der Waals surface area contributed by atoms with Crippen molar-refractivity contribution in [3.63, 3.8) is 0 Å². The second kappa shape index (κ2) is 8.56. The molecule has 4 rings (SSSR count). The Morgan fingerprint density at radius 1 is 1.17 bits per heavy atom. The summed E-state index contributed by atoms with van der Waals surface area (Å²) in [6.45, 7) is 2.69. The van der Waals surface area contributed by atoms with Crippen LogP contribution >= 0.6 is 15.9 Å². The fourth-order valence-corrected chi connectivity index (χ4v) is 5.52. The van der Waals surface area contributed by atoms with Gasteiger partial charge in [0.15, 0.2) is 11.5 Å². The van der Waals surface area contributed by atoms with Crippen LogP contribution in [0.4, 0.5) is 0 Å². The highest BCUT2D eigenvalue weighted by Gasteiger charge is 2.33. The summed E-state index contributed by atoms with van der Waals surface area (Å²) in [6.07, 6.45) is 1.30. The topological polar surface area (TPSA) is 84.9 Å². The Balaban J connectivity index is 1.42. The van der Waals surface area contributed by atoms with Crippen molar-refractivity contribution in [2.45, 2.75) is 30.7 Å². The molecule has 2 aliphatic heterocycles. The van der Waals surface area contributed by atoms with Gasteiger partial charge in [-0.3, -0.25) is 4.79 Å². The number of hydrogen-bond donors (Lipinski definition) is 1. The van der Waals surface area contributed by atoms with Gasteiger partial charge in [-0.1, -0.05) is 22.0 Å². The van der Waals surface area contributed by atoms with Crippen LogP contribution in [0.15, 0.2) is 51.8 Å². The van der Waals surface area contributed by atoms with Gasteiger partial charge in [-0.15, -0.1) is 0 Å². The number of fused-ring (bicyclic) bond motifs is 1. The molecule has 2 aromatic rings. The van der Waals surface area contributed by atoms with E-state index < -0.39 is 10.0 Å². The predicted octanol–water partition coefficient (Wildman–Crippen LogP) is 3.46. The number of nitrogens with zero attached hydrogens (tertiary/aromatic N) is 1. The third kappa shape index (κ3) is 4.33. The number of benzene rings is 2. The lowest BCUT2D eigenvalue weighted by atomic mass is 9.98. The van der Waals surface area contributed by atoms with Crippen LogP contribution in [0.25, 0.3) is 0 Å². The van der Waals surface area contributed by atoms with Crippen molar-refractivity contribution < 1.29 is 22.7 Å². The maximum absolute atomic E-state index is 13.0. The number of rotatable bonds is 5. The van der Waals surface area contributed by atoms with Crippen LogP contribution < -0.4 is 14.8 Å². The Bertz CT molecular complexity index is 1040. The van der Waals surface area contributed by atoms with Gasteiger partial charge in [-0.25, -0.2) is 8.42 Å². The van der Waals surface area contributed by atoms with Crippen LogP contribution in [0, 0.1) is 5.92 Å². The van der Waals surface area contributed by atoms with Crippen LogP contribution in [-0.4, -0.2) is 38.5 Å². The van der Waals surface area contributed by atoms with Gasteiger partial charge in [0.1, 0.15) is 0 Å². The number of carbonyl (C=O) groups is 1. The molecule has 2 heterocycles. The maximum atomic E-state index is 13.0. The van der Waals surface area contributed by atoms with Gasteiger partial charge in [-0.2, -0.15) is 4.31 Å². The number of sulfonamides is 1. The summed E-state index contributed by atoms with van der Waals surface area (Å²) in [5, 5.41) is 3.01. The summed E-state index contributed by atoms with van der Waals surface area (Å²) in [6, 6.07) is 11.9. The normalized spacial score (nSPS) is 20.0. The average Bonchev–Trinajstić information content (AvgIpc) is 3.22. The lowest BCUT2D eigenvalue weighted by Gasteiger charge is -2.32. The molecule has 9 heteroatoms. The van der Waals surface area contributed by atoms with Crippen LogP contribution in [0.1, 0.15) is 31.4 Å². The Kier molecular flexibility index (Phi) is 6.04. The molecule has 1 amide bonds. The summed E-state index contributed by atoms with van der Waals surface area (Å²) in [7, 11) is -3.63. The molecule has 1 N–H and O–H groups in total. The first-order valence-electron chi connectivity index (χ1n) is 9.80. The van der Waals surface area contributed by atoms with Crippen molar-refractivity contribution in [1.82, 2.24) is 9.62 Å². The summed E-state index contributed by atoms with van der Waals surface area (Å²) >= 11 is 3.32. The average molecular weight is 495 g/mol. The van der Waals surface area contributed by atoms with Gasteiger partial charge < -0.3 is 14.8 Å². The predicted molar refractivity (Wildman–Crippen MR) is 115 cm³/mol. The first-order valence-corrected chi connectivity index (χ1v) is 12.0. The van der Waals surface area contributed by atoms with Gasteiger partial charge in [-0.05, 0) is 61.7 Å². The number of ether oxygens (including phenoxy) is 2. The lowest BCUT2D eigenvalue weighted by molar-refractivity contribution is -0.126. The monoisotopic (exact) mass is 494 g/mol. The maximum Gasteiger partial charge on any atom is 0.243 e. The minimum atomic E-state index is -3.63.